The van der Waals surface area contributed by atoms with E-state index < -0.39 is 11.9 Å². The molecule has 29 heavy (non-hydrogen) atoms. The third-order valence-corrected chi connectivity index (χ3v) is 5.10. The second-order valence-electron chi connectivity index (χ2n) is 5.90. The van der Waals surface area contributed by atoms with Gasteiger partial charge in [-0.1, -0.05) is 29.5 Å². The number of ether oxygens (including phenoxy) is 3. The molecule has 3 rings (SSSR count). The number of rotatable bonds is 7. The minimum atomic E-state index is -0.437. The van der Waals surface area contributed by atoms with Crippen molar-refractivity contribution in [3.8, 4) is 11.5 Å². The number of nitrogens with zero attached hydrogens (tertiary/aromatic N) is 2. The van der Waals surface area contributed by atoms with Gasteiger partial charge in [-0.25, -0.2) is 4.79 Å². The number of thiazole rings is 1. The highest BCUT2D eigenvalue weighted by Crippen LogP contribution is 2.25. The zero-order valence-electron chi connectivity index (χ0n) is 16.1. The molecule has 0 spiro atoms. The molecule has 0 unspecified atom stereocenters. The fourth-order valence-electron chi connectivity index (χ4n) is 2.73. The van der Waals surface area contributed by atoms with Crippen LogP contribution in [0.4, 0.5) is 0 Å². The average molecular weight is 412 g/mol. The SMILES string of the molecule is C=CCn1c(=NC(=O)COc2ccccc2OC)sc2cc(C(=O)OC)ccc21. The van der Waals surface area contributed by atoms with E-state index in [1.54, 1.807) is 42.5 Å². The Labute approximate surface area is 171 Å². The number of hydrogen-bond acceptors (Lipinski definition) is 6. The van der Waals surface area contributed by atoms with Crippen LogP contribution in [0.5, 0.6) is 11.5 Å². The normalized spacial score (nSPS) is 11.3. The molecule has 0 saturated carbocycles. The lowest BCUT2D eigenvalue weighted by Crippen LogP contribution is -2.19. The summed E-state index contributed by atoms with van der Waals surface area (Å²) in [5.74, 6) is 0.152. The maximum absolute atomic E-state index is 12.4. The van der Waals surface area contributed by atoms with E-state index in [0.29, 0.717) is 28.4 Å². The number of methoxy groups -OCH3 is 2. The first kappa shape index (κ1) is 20.3. The van der Waals surface area contributed by atoms with Gasteiger partial charge in [-0.15, -0.1) is 6.58 Å². The number of esters is 1. The van der Waals surface area contributed by atoms with Gasteiger partial charge in [0.15, 0.2) is 22.9 Å². The smallest absolute Gasteiger partial charge is 0.337 e. The largest absolute Gasteiger partial charge is 0.493 e. The van der Waals surface area contributed by atoms with Crippen LogP contribution in [0.25, 0.3) is 10.2 Å². The van der Waals surface area contributed by atoms with Crippen LogP contribution in [0, 0.1) is 0 Å². The summed E-state index contributed by atoms with van der Waals surface area (Å²) in [4.78, 5) is 28.9. The molecule has 2 aromatic carbocycles. The third kappa shape index (κ3) is 4.55. The first-order valence-corrected chi connectivity index (χ1v) is 9.55. The quantitative estimate of drug-likeness (QED) is 0.440. The molecular weight excluding hydrogens is 392 g/mol. The van der Waals surface area contributed by atoms with Crippen LogP contribution < -0.4 is 14.3 Å². The summed E-state index contributed by atoms with van der Waals surface area (Å²) in [6.07, 6.45) is 1.72. The van der Waals surface area contributed by atoms with E-state index in [1.807, 2.05) is 10.6 Å². The molecule has 0 bridgehead atoms. The van der Waals surface area contributed by atoms with Gasteiger partial charge in [0, 0.05) is 6.54 Å². The van der Waals surface area contributed by atoms with Gasteiger partial charge in [0.25, 0.3) is 5.91 Å². The second-order valence-corrected chi connectivity index (χ2v) is 6.91. The van der Waals surface area contributed by atoms with Crippen LogP contribution in [0.2, 0.25) is 0 Å². The van der Waals surface area contributed by atoms with E-state index in [2.05, 4.69) is 11.6 Å². The highest BCUT2D eigenvalue weighted by molar-refractivity contribution is 7.16. The molecule has 0 aliphatic carbocycles. The molecule has 150 valence electrons. The summed E-state index contributed by atoms with van der Waals surface area (Å²) < 4.78 is 18.2. The lowest BCUT2D eigenvalue weighted by molar-refractivity contribution is -0.120. The molecule has 0 N–H and O–H groups in total. The number of carbonyl (C=O) groups is 2. The molecule has 0 radical (unpaired) electrons. The molecule has 8 heteroatoms. The van der Waals surface area contributed by atoms with Crippen molar-refractivity contribution in [3.05, 3.63) is 65.5 Å². The number of carbonyl (C=O) groups excluding carboxylic acids is 2. The number of aromatic nitrogens is 1. The van der Waals surface area contributed by atoms with Crippen molar-refractivity contribution in [2.75, 3.05) is 20.8 Å². The molecule has 0 aliphatic rings. The predicted octanol–water partition coefficient (Wildman–Crippen LogP) is 3.19. The molecule has 0 aliphatic heterocycles. The van der Waals surface area contributed by atoms with Gasteiger partial charge in [0.05, 0.1) is 30.0 Å². The third-order valence-electron chi connectivity index (χ3n) is 4.06. The molecule has 1 aromatic heterocycles. The Bertz CT molecular complexity index is 1130. The lowest BCUT2D eigenvalue weighted by Gasteiger charge is -2.08. The highest BCUT2D eigenvalue weighted by atomic mass is 32.1. The molecule has 3 aromatic rings. The van der Waals surface area contributed by atoms with Crippen LogP contribution in [-0.4, -0.2) is 37.3 Å². The standard InChI is InChI=1S/C21H20N2O5S/c1-4-11-23-15-10-9-14(20(25)27-3)12-18(15)29-21(23)22-19(24)13-28-17-8-6-5-7-16(17)26-2/h4-10,12H,1,11,13H2,2-3H3. The van der Waals surface area contributed by atoms with Crippen molar-refractivity contribution in [1.29, 1.82) is 0 Å². The van der Waals surface area contributed by atoms with Crippen molar-refractivity contribution >= 4 is 33.4 Å². The van der Waals surface area contributed by atoms with Gasteiger partial charge in [0.2, 0.25) is 0 Å². The number of hydrogen-bond donors (Lipinski definition) is 0. The lowest BCUT2D eigenvalue weighted by atomic mass is 10.2. The Morgan fingerprint density at radius 3 is 2.62 bits per heavy atom. The second kappa shape index (κ2) is 9.20. The molecule has 0 saturated heterocycles. The predicted molar refractivity (Wildman–Crippen MR) is 110 cm³/mol. The molecule has 0 fully saturated rings. The maximum Gasteiger partial charge on any atom is 0.337 e. The van der Waals surface area contributed by atoms with E-state index in [-0.39, 0.29) is 6.61 Å². The number of amides is 1. The number of para-hydroxylation sites is 2. The van der Waals surface area contributed by atoms with Gasteiger partial charge >= 0.3 is 5.97 Å². The minimum Gasteiger partial charge on any atom is -0.493 e. The summed E-state index contributed by atoms with van der Waals surface area (Å²) in [5, 5.41) is 0. The van der Waals surface area contributed by atoms with Crippen LogP contribution in [-0.2, 0) is 16.1 Å². The van der Waals surface area contributed by atoms with E-state index in [9.17, 15) is 9.59 Å². The van der Waals surface area contributed by atoms with Crippen LogP contribution in [0.3, 0.4) is 0 Å². The van der Waals surface area contributed by atoms with Gasteiger partial charge < -0.3 is 18.8 Å². The van der Waals surface area contributed by atoms with Crippen molar-refractivity contribution in [1.82, 2.24) is 4.57 Å². The Morgan fingerprint density at radius 1 is 1.17 bits per heavy atom. The Kier molecular flexibility index (Phi) is 6.46. The Morgan fingerprint density at radius 2 is 1.93 bits per heavy atom. The summed E-state index contributed by atoms with van der Waals surface area (Å²) in [6, 6.07) is 12.3. The van der Waals surface area contributed by atoms with Crippen LogP contribution >= 0.6 is 11.3 Å². The van der Waals surface area contributed by atoms with Gasteiger partial charge in [-0.2, -0.15) is 4.99 Å². The molecule has 7 nitrogen and oxygen atoms in total. The average Bonchev–Trinajstić information content (AvgIpc) is 3.08. The summed E-state index contributed by atoms with van der Waals surface area (Å²) in [7, 11) is 2.87. The maximum atomic E-state index is 12.4. The zero-order valence-corrected chi connectivity index (χ0v) is 16.9. The molecule has 1 amide bonds. The first-order valence-electron chi connectivity index (χ1n) is 8.73. The van der Waals surface area contributed by atoms with Gasteiger partial charge in [-0.3, -0.25) is 4.79 Å². The van der Waals surface area contributed by atoms with Crippen molar-refractivity contribution in [2.24, 2.45) is 4.99 Å². The van der Waals surface area contributed by atoms with Gasteiger partial charge in [-0.05, 0) is 30.3 Å². The number of fused-ring (bicyclic) bond motifs is 1. The minimum absolute atomic E-state index is 0.226. The van der Waals surface area contributed by atoms with Crippen molar-refractivity contribution < 1.29 is 23.8 Å². The molecular formula is C21H20N2O5S. The fraction of sp³-hybridized carbons (Fsp3) is 0.190. The van der Waals surface area contributed by atoms with Crippen LogP contribution in [0.15, 0.2) is 60.1 Å². The molecule has 0 atom stereocenters. The fourth-order valence-corrected chi connectivity index (χ4v) is 3.82. The number of benzene rings is 2. The topological polar surface area (TPSA) is 79.1 Å². The van der Waals surface area contributed by atoms with E-state index >= 15 is 0 Å². The summed E-state index contributed by atoms with van der Waals surface area (Å²) in [6.45, 7) is 4.00. The van der Waals surface area contributed by atoms with E-state index in [0.717, 1.165) is 10.2 Å². The van der Waals surface area contributed by atoms with E-state index in [4.69, 9.17) is 14.2 Å². The highest BCUT2D eigenvalue weighted by Gasteiger charge is 2.12. The Balaban J connectivity index is 1.91. The Hall–Kier alpha value is -3.39. The monoisotopic (exact) mass is 412 g/mol. The van der Waals surface area contributed by atoms with Gasteiger partial charge in [0.1, 0.15) is 0 Å². The first-order chi connectivity index (χ1) is 14.1. The zero-order chi connectivity index (χ0) is 20.8. The van der Waals surface area contributed by atoms with Crippen LogP contribution in [0.1, 0.15) is 10.4 Å². The van der Waals surface area contributed by atoms with Crippen molar-refractivity contribution in [3.63, 3.8) is 0 Å². The molecule has 1 heterocycles. The summed E-state index contributed by atoms with van der Waals surface area (Å²) in [5.41, 5.74) is 1.28. The van der Waals surface area contributed by atoms with Crippen molar-refractivity contribution in [2.45, 2.75) is 6.54 Å². The number of allylic oxidation sites excluding steroid dienone is 1. The van der Waals surface area contributed by atoms with E-state index in [1.165, 1.54) is 25.6 Å². The summed E-state index contributed by atoms with van der Waals surface area (Å²) >= 11 is 1.30.